The summed E-state index contributed by atoms with van der Waals surface area (Å²) >= 11 is 12.8. The molecule has 2 aliphatic heterocycles. The van der Waals surface area contributed by atoms with E-state index >= 15 is 0 Å². The second kappa shape index (κ2) is 12.0. The van der Waals surface area contributed by atoms with Crippen molar-refractivity contribution in [3.63, 3.8) is 0 Å². The topological polar surface area (TPSA) is 91.1 Å². The molecule has 0 spiro atoms. The molecule has 1 fully saturated rings. The zero-order valence-corrected chi connectivity index (χ0v) is 25.1. The molecule has 2 aliphatic rings. The minimum absolute atomic E-state index is 0.00880. The number of ether oxygens (including phenoxy) is 1. The largest absolute Gasteiger partial charge is 0.444 e. The Hall–Kier alpha value is -3.44. The van der Waals surface area contributed by atoms with Gasteiger partial charge in [-0.15, -0.1) is 5.17 Å². The minimum atomic E-state index is -0.756. The van der Waals surface area contributed by atoms with Gasteiger partial charge in [0.05, 0.1) is 29.5 Å². The van der Waals surface area contributed by atoms with E-state index in [4.69, 9.17) is 27.9 Å². The summed E-state index contributed by atoms with van der Waals surface area (Å²) in [6.45, 7) is 6.46. The van der Waals surface area contributed by atoms with Crippen molar-refractivity contribution >= 4 is 46.9 Å². The maximum absolute atomic E-state index is 13.8. The highest BCUT2D eigenvalue weighted by atomic mass is 35.5. The molecule has 0 aliphatic carbocycles. The second-order valence-corrected chi connectivity index (χ2v) is 12.2. The molecule has 9 nitrogen and oxygen atoms in total. The fourth-order valence-electron chi connectivity index (χ4n) is 5.08. The Bertz CT molecular complexity index is 1530. The molecule has 2 aromatic carbocycles. The standard InChI is InChI=1S/C30H32Cl2FN5O4/c1-30(2,3)42-29(40)35-17-20(15-19-7-10-22(33)11-8-19)27-23(18-35)26(28(39)38(41)36-13-5-4-6-14-36)34-37(27)25-12-9-21(31)16-24(25)32/h7-12,15-16,41H,4-6,13-14,17-18H2,1-3H3. The molecule has 3 aromatic rings. The number of piperidine rings is 1. The van der Waals surface area contributed by atoms with E-state index in [1.165, 1.54) is 21.7 Å². The molecule has 0 radical (unpaired) electrons. The van der Waals surface area contributed by atoms with Gasteiger partial charge in [0.2, 0.25) is 0 Å². The molecule has 222 valence electrons. The highest BCUT2D eigenvalue weighted by Gasteiger charge is 2.37. The molecule has 0 saturated carbocycles. The van der Waals surface area contributed by atoms with Crippen molar-refractivity contribution < 1.29 is 23.9 Å². The average molecular weight is 617 g/mol. The zero-order chi connectivity index (χ0) is 30.2. The number of rotatable bonds is 4. The highest BCUT2D eigenvalue weighted by molar-refractivity contribution is 6.35. The van der Waals surface area contributed by atoms with Gasteiger partial charge in [-0.05, 0) is 81.2 Å². The van der Waals surface area contributed by atoms with Crippen LogP contribution in [0.2, 0.25) is 10.0 Å². The van der Waals surface area contributed by atoms with Crippen molar-refractivity contribution in [2.75, 3.05) is 19.6 Å². The van der Waals surface area contributed by atoms with Crippen molar-refractivity contribution in [3.05, 3.63) is 80.8 Å². The first kappa shape index (κ1) is 30.0. The lowest BCUT2D eigenvalue weighted by molar-refractivity contribution is -0.208. The average Bonchev–Trinajstić information content (AvgIpc) is 3.32. The Morgan fingerprint density at radius 3 is 2.38 bits per heavy atom. The number of nitrogens with zero attached hydrogens (tertiary/aromatic N) is 5. The summed E-state index contributed by atoms with van der Waals surface area (Å²) in [5.41, 5.74) is 1.87. The van der Waals surface area contributed by atoms with Crippen molar-refractivity contribution in [3.8, 4) is 5.69 Å². The maximum atomic E-state index is 13.8. The predicted octanol–water partition coefficient (Wildman–Crippen LogP) is 6.84. The molecule has 3 heterocycles. The number of amides is 2. The van der Waals surface area contributed by atoms with Crippen LogP contribution >= 0.6 is 23.2 Å². The van der Waals surface area contributed by atoms with Gasteiger partial charge < -0.3 is 4.74 Å². The van der Waals surface area contributed by atoms with Crippen molar-refractivity contribution in [1.29, 1.82) is 0 Å². The molecule has 0 unspecified atom stereocenters. The van der Waals surface area contributed by atoms with Crippen LogP contribution in [0.3, 0.4) is 0 Å². The molecule has 0 atom stereocenters. The summed E-state index contributed by atoms with van der Waals surface area (Å²) in [6.07, 6.45) is 3.92. The van der Waals surface area contributed by atoms with Crippen molar-refractivity contribution in [1.82, 2.24) is 24.9 Å². The zero-order valence-electron chi connectivity index (χ0n) is 23.6. The number of fused-ring (bicyclic) bond motifs is 1. The monoisotopic (exact) mass is 615 g/mol. The first-order chi connectivity index (χ1) is 19.9. The third-order valence-corrected chi connectivity index (χ3v) is 7.52. The summed E-state index contributed by atoms with van der Waals surface area (Å²) in [4.78, 5) is 28.6. The summed E-state index contributed by atoms with van der Waals surface area (Å²) in [5, 5.41) is 18.6. The molecule has 42 heavy (non-hydrogen) atoms. The van der Waals surface area contributed by atoms with Gasteiger partial charge in [0.1, 0.15) is 11.4 Å². The van der Waals surface area contributed by atoms with E-state index < -0.39 is 17.6 Å². The lowest BCUT2D eigenvalue weighted by atomic mass is 9.97. The van der Waals surface area contributed by atoms with Gasteiger partial charge >= 0.3 is 12.0 Å². The fourth-order valence-corrected chi connectivity index (χ4v) is 5.56. The van der Waals surface area contributed by atoms with Crippen molar-refractivity contribution in [2.45, 2.75) is 52.2 Å². The normalized spacial score (nSPS) is 16.8. The van der Waals surface area contributed by atoms with Crippen LogP contribution in [0.25, 0.3) is 17.3 Å². The molecule has 0 bridgehead atoms. The molecule has 1 saturated heterocycles. The van der Waals surface area contributed by atoms with E-state index in [2.05, 4.69) is 5.10 Å². The highest BCUT2D eigenvalue weighted by Crippen LogP contribution is 2.37. The lowest BCUT2D eigenvalue weighted by Crippen LogP contribution is -2.47. The first-order valence-corrected chi connectivity index (χ1v) is 14.5. The summed E-state index contributed by atoms with van der Waals surface area (Å²) in [6, 6.07) is 10.8. The van der Waals surface area contributed by atoms with E-state index in [0.29, 0.717) is 56.4 Å². The van der Waals surface area contributed by atoms with E-state index in [-0.39, 0.29) is 24.6 Å². The summed E-state index contributed by atoms with van der Waals surface area (Å²) < 4.78 is 20.9. The Kier molecular flexibility index (Phi) is 8.61. The van der Waals surface area contributed by atoms with E-state index in [1.54, 1.807) is 62.2 Å². The number of hydroxylamine groups is 1. The Morgan fingerprint density at radius 1 is 1.05 bits per heavy atom. The first-order valence-electron chi connectivity index (χ1n) is 13.7. The van der Waals surface area contributed by atoms with Crippen LogP contribution in [-0.4, -0.2) is 67.3 Å². The van der Waals surface area contributed by atoms with Gasteiger partial charge in [0.25, 0.3) is 0 Å². The van der Waals surface area contributed by atoms with E-state index in [9.17, 15) is 19.2 Å². The predicted molar refractivity (Wildman–Crippen MR) is 158 cm³/mol. The van der Waals surface area contributed by atoms with Crippen LogP contribution < -0.4 is 0 Å². The Labute approximate surface area is 253 Å². The molecular formula is C30H32Cl2FN5O4. The number of aromatic nitrogens is 2. The quantitative estimate of drug-likeness (QED) is 0.255. The van der Waals surface area contributed by atoms with Crippen molar-refractivity contribution in [2.24, 2.45) is 0 Å². The number of carbonyl (C=O) groups is 2. The smallest absolute Gasteiger partial charge is 0.410 e. The van der Waals surface area contributed by atoms with Crippen LogP contribution in [0.4, 0.5) is 9.18 Å². The number of hydrazine groups is 1. The van der Waals surface area contributed by atoms with Gasteiger partial charge in [0.15, 0.2) is 5.69 Å². The van der Waals surface area contributed by atoms with Gasteiger partial charge in [-0.25, -0.2) is 13.9 Å². The lowest BCUT2D eigenvalue weighted by Gasteiger charge is -2.33. The summed E-state index contributed by atoms with van der Waals surface area (Å²) in [5.74, 6) is -1.12. The fraction of sp³-hybridized carbons (Fsp3) is 0.367. The molecule has 5 rings (SSSR count). The van der Waals surface area contributed by atoms with Gasteiger partial charge in [-0.1, -0.05) is 41.8 Å². The number of halogens is 3. The van der Waals surface area contributed by atoms with Gasteiger partial charge in [0, 0.05) is 23.7 Å². The molecule has 1 aromatic heterocycles. The minimum Gasteiger partial charge on any atom is -0.444 e. The van der Waals surface area contributed by atoms with Crippen LogP contribution in [0.15, 0.2) is 42.5 Å². The molecule has 2 amide bonds. The van der Waals surface area contributed by atoms with Gasteiger partial charge in [-0.2, -0.15) is 10.1 Å². The molecule has 1 N–H and O–H groups in total. The molecular weight excluding hydrogens is 584 g/mol. The number of carbonyl (C=O) groups excluding carboxylic acids is 2. The SMILES string of the molecule is CC(C)(C)OC(=O)N1CC(=Cc2ccc(F)cc2)c2c(c(C(=O)N(O)N3CCCCC3)nn2-c2ccc(Cl)cc2Cl)C1. The maximum Gasteiger partial charge on any atom is 0.410 e. The molecule has 12 heteroatoms. The van der Waals surface area contributed by atoms with Crippen LogP contribution in [0.1, 0.15) is 67.3 Å². The third-order valence-electron chi connectivity index (χ3n) is 6.98. The Balaban J connectivity index is 1.69. The van der Waals surface area contributed by atoms with Crippen LogP contribution in [-0.2, 0) is 11.3 Å². The van der Waals surface area contributed by atoms with Crippen LogP contribution in [0.5, 0.6) is 0 Å². The van der Waals surface area contributed by atoms with E-state index in [1.807, 2.05) is 0 Å². The van der Waals surface area contributed by atoms with Gasteiger partial charge in [-0.3, -0.25) is 14.9 Å². The van der Waals surface area contributed by atoms with Crippen LogP contribution in [0, 0.1) is 5.82 Å². The summed E-state index contributed by atoms with van der Waals surface area (Å²) in [7, 11) is 0. The Morgan fingerprint density at radius 2 is 1.74 bits per heavy atom. The number of benzene rings is 2. The third kappa shape index (κ3) is 6.47. The number of hydrogen-bond donors (Lipinski definition) is 1. The number of hydrogen-bond acceptors (Lipinski definition) is 6. The second-order valence-electron chi connectivity index (χ2n) is 11.3. The van der Waals surface area contributed by atoms with E-state index in [0.717, 1.165) is 19.3 Å².